The van der Waals surface area contributed by atoms with Gasteiger partial charge in [-0.1, -0.05) is 55.1 Å². The number of aliphatic hydroxyl groups excluding tert-OH is 2. The maximum absolute atomic E-state index is 11.2. The molecule has 4 aromatic carbocycles. The van der Waals surface area contributed by atoms with E-state index in [-0.39, 0.29) is 0 Å². The number of fused-ring (bicyclic) bond motifs is 6. The fraction of sp³-hybridized carbons (Fsp3) is 0.294. The number of hydrogen-bond donors (Lipinski definition) is 2. The summed E-state index contributed by atoms with van der Waals surface area (Å²) in [6.07, 6.45) is -1.04. The smallest absolute Gasteiger partial charge is 0.0845 e. The molecule has 1 saturated heterocycles. The Morgan fingerprint density at radius 2 is 0.864 bits per heavy atom. The number of aromatic nitrogens is 2. The predicted molar refractivity (Wildman–Crippen MR) is 189 cm³/mol. The van der Waals surface area contributed by atoms with E-state index in [9.17, 15) is 10.2 Å². The molecule has 10 heteroatoms. The first-order valence-corrected chi connectivity index (χ1v) is 17.1. The summed E-state index contributed by atoms with van der Waals surface area (Å²) in [6.45, 7) is 5.60. The van der Waals surface area contributed by atoms with Crippen LogP contribution in [0.4, 0.5) is 0 Å². The number of nitrogens with zero attached hydrogens (tertiary/aromatic N) is 4. The lowest BCUT2D eigenvalue weighted by atomic mass is 10.1. The van der Waals surface area contributed by atoms with Gasteiger partial charge in [-0.05, 0) is 72.8 Å². The summed E-state index contributed by atoms with van der Waals surface area (Å²) in [7, 11) is 0. The van der Waals surface area contributed by atoms with Crippen molar-refractivity contribution in [3.63, 3.8) is 0 Å². The van der Waals surface area contributed by atoms with E-state index in [4.69, 9.17) is 23.2 Å². The van der Waals surface area contributed by atoms with Gasteiger partial charge in [-0.3, -0.25) is 9.80 Å². The number of benzene rings is 4. The molecule has 6 aromatic rings. The molecule has 0 saturated carbocycles. The normalized spacial score (nSPS) is 16.5. The first-order valence-electron chi connectivity index (χ1n) is 14.8. The zero-order valence-electron chi connectivity index (χ0n) is 23.9. The lowest BCUT2D eigenvalue weighted by Crippen LogP contribution is -2.50. The van der Waals surface area contributed by atoms with Gasteiger partial charge in [0.05, 0.1) is 25.3 Å². The van der Waals surface area contributed by atoms with E-state index in [1.165, 1.54) is 10.8 Å². The number of β-amino-alcohol motifs (C(OH)–C–C–N with tert-alkyl or cyclic N) is 2. The van der Waals surface area contributed by atoms with E-state index >= 15 is 0 Å². The van der Waals surface area contributed by atoms with Crippen LogP contribution in [-0.2, 0) is 13.1 Å². The number of halogens is 4. The first kappa shape index (κ1) is 30.5. The Balaban J connectivity index is 0.983. The van der Waals surface area contributed by atoms with Gasteiger partial charge in [-0.15, -0.1) is 0 Å². The lowest BCUT2D eigenvalue weighted by Gasteiger charge is -2.36. The van der Waals surface area contributed by atoms with E-state index in [0.717, 1.165) is 68.0 Å². The molecule has 1 fully saturated rings. The van der Waals surface area contributed by atoms with Crippen molar-refractivity contribution in [2.75, 3.05) is 39.3 Å². The molecule has 0 unspecified atom stereocenters. The highest BCUT2D eigenvalue weighted by Gasteiger charge is 2.23. The first-order chi connectivity index (χ1) is 21.2. The highest BCUT2D eigenvalue weighted by atomic mass is 79.9. The van der Waals surface area contributed by atoms with E-state index in [1.54, 1.807) is 0 Å². The Kier molecular flexibility index (Phi) is 8.72. The molecule has 44 heavy (non-hydrogen) atoms. The van der Waals surface area contributed by atoms with Crippen molar-refractivity contribution in [3.8, 4) is 0 Å². The van der Waals surface area contributed by atoms with Crippen LogP contribution in [0.2, 0.25) is 10.0 Å². The third kappa shape index (κ3) is 6.04. The van der Waals surface area contributed by atoms with Gasteiger partial charge < -0.3 is 19.3 Å². The third-order valence-electron chi connectivity index (χ3n) is 8.77. The summed E-state index contributed by atoms with van der Waals surface area (Å²) < 4.78 is 6.48. The molecule has 228 valence electrons. The van der Waals surface area contributed by atoms with Crippen LogP contribution in [-0.4, -0.2) is 80.6 Å². The molecule has 1 aliphatic rings. The van der Waals surface area contributed by atoms with Crippen molar-refractivity contribution in [2.45, 2.75) is 25.3 Å². The third-order valence-corrected chi connectivity index (χ3v) is 10.2. The second kappa shape index (κ2) is 12.6. The standard InChI is InChI=1S/C34H32Br2Cl2N4O2/c35-21-1-5-31-27(13-21)28-14-22(36)2-6-32(28)41(31)19-25(43)17-39-9-11-40(12-10-39)18-26(44)20-42-33-7-3-23(37)15-29(33)30-16-24(38)4-8-34(30)42/h1-8,13-16,25-26,43-44H,9-12,17-20H2/t25-,26-/m1/s1. The van der Waals surface area contributed by atoms with Gasteiger partial charge in [-0.2, -0.15) is 0 Å². The maximum atomic E-state index is 11.2. The average Bonchev–Trinajstić information content (AvgIpc) is 3.44. The molecule has 3 heterocycles. The van der Waals surface area contributed by atoms with Crippen LogP contribution >= 0.6 is 55.1 Å². The number of aliphatic hydroxyl groups is 2. The quantitative estimate of drug-likeness (QED) is 0.167. The SMILES string of the molecule is O[C@H](CN1CCN(C[C@@H](O)Cn2c3ccc(Br)cc3c3cc(Br)ccc32)CC1)Cn1c2ccc(Cl)cc2c2cc(Cl)ccc21. The molecule has 0 bridgehead atoms. The summed E-state index contributed by atoms with van der Waals surface area (Å²) in [4.78, 5) is 4.65. The van der Waals surface area contributed by atoms with E-state index in [2.05, 4.69) is 87.2 Å². The molecular formula is C34H32Br2Cl2N4O2. The Morgan fingerprint density at radius 1 is 0.523 bits per heavy atom. The number of rotatable bonds is 8. The summed E-state index contributed by atoms with van der Waals surface area (Å²) in [5.74, 6) is 0. The van der Waals surface area contributed by atoms with Gasteiger partial charge in [0.25, 0.3) is 0 Å². The summed E-state index contributed by atoms with van der Waals surface area (Å²) >= 11 is 19.9. The molecule has 2 aromatic heterocycles. The number of piperazine rings is 1. The minimum Gasteiger partial charge on any atom is -0.390 e. The fourth-order valence-corrected chi connectivity index (χ4v) is 7.84. The predicted octanol–water partition coefficient (Wildman–Crippen LogP) is 7.77. The zero-order chi connectivity index (χ0) is 30.5. The molecule has 0 amide bonds. The van der Waals surface area contributed by atoms with E-state index in [0.29, 0.717) is 36.2 Å². The van der Waals surface area contributed by atoms with Crippen LogP contribution < -0.4 is 0 Å². The molecule has 0 spiro atoms. The topological polar surface area (TPSA) is 56.8 Å². The second-order valence-electron chi connectivity index (χ2n) is 11.8. The van der Waals surface area contributed by atoms with Gasteiger partial charge in [0.2, 0.25) is 0 Å². The molecule has 2 N–H and O–H groups in total. The van der Waals surface area contributed by atoms with Crippen molar-refractivity contribution in [1.29, 1.82) is 0 Å². The lowest BCUT2D eigenvalue weighted by molar-refractivity contribution is 0.0415. The Morgan fingerprint density at radius 3 is 1.25 bits per heavy atom. The van der Waals surface area contributed by atoms with Gasteiger partial charge in [0.1, 0.15) is 0 Å². The highest BCUT2D eigenvalue weighted by molar-refractivity contribution is 9.10. The van der Waals surface area contributed by atoms with Crippen LogP contribution in [0.15, 0.2) is 81.7 Å². The van der Waals surface area contributed by atoms with E-state index < -0.39 is 12.2 Å². The van der Waals surface area contributed by atoms with E-state index in [1.807, 2.05) is 36.4 Å². The molecule has 1 aliphatic heterocycles. The minimum absolute atomic E-state index is 0.480. The summed E-state index contributed by atoms with van der Waals surface area (Å²) in [6, 6.07) is 24.4. The molecular weight excluding hydrogens is 727 g/mol. The maximum Gasteiger partial charge on any atom is 0.0845 e. The monoisotopic (exact) mass is 756 g/mol. The van der Waals surface area contributed by atoms with Crippen molar-refractivity contribution in [1.82, 2.24) is 18.9 Å². The van der Waals surface area contributed by atoms with Gasteiger partial charge in [0.15, 0.2) is 0 Å². The Bertz CT molecular complexity index is 1740. The Labute approximate surface area is 282 Å². The van der Waals surface area contributed by atoms with Crippen LogP contribution in [0.1, 0.15) is 0 Å². The highest BCUT2D eigenvalue weighted by Crippen LogP contribution is 2.34. The molecule has 2 atom stereocenters. The van der Waals surface area contributed by atoms with Gasteiger partial charge in [-0.25, -0.2) is 0 Å². The van der Waals surface area contributed by atoms with Crippen molar-refractivity contribution < 1.29 is 10.2 Å². The largest absolute Gasteiger partial charge is 0.390 e. The fourth-order valence-electron chi connectivity index (χ4n) is 6.78. The van der Waals surface area contributed by atoms with Crippen LogP contribution in [0.3, 0.4) is 0 Å². The van der Waals surface area contributed by atoms with Crippen molar-refractivity contribution in [3.05, 3.63) is 91.8 Å². The van der Waals surface area contributed by atoms with Crippen molar-refractivity contribution >= 4 is 98.7 Å². The van der Waals surface area contributed by atoms with Crippen molar-refractivity contribution in [2.24, 2.45) is 0 Å². The summed E-state index contributed by atoms with van der Waals surface area (Å²) in [5, 5.41) is 28.2. The summed E-state index contributed by atoms with van der Waals surface area (Å²) in [5.41, 5.74) is 4.31. The van der Waals surface area contributed by atoms with Crippen LogP contribution in [0.5, 0.6) is 0 Å². The molecule has 0 aliphatic carbocycles. The Hall–Kier alpha value is -2.14. The molecule has 0 radical (unpaired) electrons. The minimum atomic E-state index is -0.535. The molecule has 7 rings (SSSR count). The van der Waals surface area contributed by atoms with Gasteiger partial charge >= 0.3 is 0 Å². The zero-order valence-corrected chi connectivity index (χ0v) is 28.6. The average molecular weight is 759 g/mol. The van der Waals surface area contributed by atoms with Gasteiger partial charge in [0, 0.05) is 102 Å². The molecule has 6 nitrogen and oxygen atoms in total. The van der Waals surface area contributed by atoms with Crippen LogP contribution in [0.25, 0.3) is 43.6 Å². The second-order valence-corrected chi connectivity index (χ2v) is 14.5. The number of hydrogen-bond acceptors (Lipinski definition) is 4. The van der Waals surface area contributed by atoms with Crippen LogP contribution in [0, 0.1) is 0 Å².